The number of rotatable bonds is 7. The van der Waals surface area contributed by atoms with Gasteiger partial charge in [-0.3, -0.25) is 29.9 Å². The molecule has 39 heavy (non-hydrogen) atoms. The Morgan fingerprint density at radius 2 is 1.85 bits per heavy atom. The van der Waals surface area contributed by atoms with Crippen molar-refractivity contribution in [2.75, 3.05) is 12.5 Å². The maximum atomic E-state index is 12.8. The van der Waals surface area contributed by atoms with Crippen LogP contribution in [-0.2, 0) is 32.0 Å². The minimum atomic E-state index is -0.835. The molecule has 1 heterocycles. The molecule has 208 valence electrons. The Bertz CT molecular complexity index is 1210. The van der Waals surface area contributed by atoms with E-state index in [2.05, 4.69) is 21.4 Å². The van der Waals surface area contributed by atoms with Crippen molar-refractivity contribution in [1.82, 2.24) is 16.0 Å². The highest BCUT2D eigenvalue weighted by Crippen LogP contribution is 2.39. The fourth-order valence-electron chi connectivity index (χ4n) is 5.07. The molecule has 3 atom stereocenters. The molecule has 9 nitrogen and oxygen atoms in total. The van der Waals surface area contributed by atoms with Crippen molar-refractivity contribution >= 4 is 29.2 Å². The Morgan fingerprint density at radius 3 is 2.51 bits per heavy atom. The number of carbonyl (C=O) groups is 4. The average molecular weight is 535 g/mol. The predicted molar refractivity (Wildman–Crippen MR) is 149 cm³/mol. The van der Waals surface area contributed by atoms with Gasteiger partial charge in [-0.25, -0.2) is 0 Å². The van der Waals surface area contributed by atoms with Crippen molar-refractivity contribution in [1.29, 1.82) is 0 Å². The number of Topliss-reactive ketones (excluding diaryl/α,β-unsaturated/α-hetero) is 1. The van der Waals surface area contributed by atoms with Crippen LogP contribution in [0.4, 0.5) is 5.69 Å². The number of amides is 3. The fourth-order valence-corrected chi connectivity index (χ4v) is 5.07. The van der Waals surface area contributed by atoms with E-state index in [0.717, 1.165) is 22.3 Å². The molecule has 0 saturated carbocycles. The summed E-state index contributed by atoms with van der Waals surface area (Å²) in [5, 5.41) is 18.3. The van der Waals surface area contributed by atoms with Gasteiger partial charge in [0, 0.05) is 45.6 Å². The van der Waals surface area contributed by atoms with Gasteiger partial charge in [0.1, 0.15) is 11.8 Å². The third-order valence-corrected chi connectivity index (χ3v) is 7.03. The first-order valence-electron chi connectivity index (χ1n) is 13.3. The van der Waals surface area contributed by atoms with Crippen LogP contribution in [0.5, 0.6) is 0 Å². The van der Waals surface area contributed by atoms with Crippen LogP contribution in [-0.4, -0.2) is 41.8 Å². The second-order valence-corrected chi connectivity index (χ2v) is 10.00. The quantitative estimate of drug-likeness (QED) is 0.346. The lowest BCUT2D eigenvalue weighted by Gasteiger charge is -2.28. The van der Waals surface area contributed by atoms with Crippen LogP contribution < -0.4 is 21.4 Å². The van der Waals surface area contributed by atoms with E-state index < -0.39 is 6.04 Å². The first kappa shape index (κ1) is 29.6. The summed E-state index contributed by atoms with van der Waals surface area (Å²) < 4.78 is 0. The number of fused-ring (bicyclic) bond motifs is 2. The Morgan fingerprint density at radius 1 is 1.10 bits per heavy atom. The summed E-state index contributed by atoms with van der Waals surface area (Å²) in [6.07, 6.45) is 5.13. The second kappa shape index (κ2) is 14.2. The van der Waals surface area contributed by atoms with Crippen LogP contribution >= 0.6 is 0 Å². The van der Waals surface area contributed by atoms with Gasteiger partial charge >= 0.3 is 0 Å². The monoisotopic (exact) mass is 534 g/mol. The van der Waals surface area contributed by atoms with Gasteiger partial charge in [-0.2, -0.15) is 0 Å². The van der Waals surface area contributed by atoms with Crippen molar-refractivity contribution in [3.05, 3.63) is 77.0 Å². The highest BCUT2D eigenvalue weighted by Gasteiger charge is 2.28. The molecular weight excluding hydrogens is 496 g/mol. The number of anilines is 1. The summed E-state index contributed by atoms with van der Waals surface area (Å²) in [6.45, 7) is 3.45. The Hall–Kier alpha value is -3.98. The van der Waals surface area contributed by atoms with Gasteiger partial charge in [0.05, 0.1) is 5.69 Å². The fraction of sp³-hybridized carbons (Fsp3) is 0.400. The van der Waals surface area contributed by atoms with Crippen molar-refractivity contribution < 1.29 is 24.4 Å². The van der Waals surface area contributed by atoms with Crippen molar-refractivity contribution in [3.63, 3.8) is 0 Å². The number of nitrogens with one attached hydrogen (secondary N) is 4. The van der Waals surface area contributed by atoms with Gasteiger partial charge in [0.15, 0.2) is 0 Å². The maximum Gasteiger partial charge on any atom is 0.242 e. The molecule has 0 saturated heterocycles. The van der Waals surface area contributed by atoms with Gasteiger partial charge in [-0.1, -0.05) is 49.4 Å². The number of likely N-dealkylation sites (N-methyl/N-ethyl adjacent to an activating group) is 1. The van der Waals surface area contributed by atoms with E-state index in [-0.39, 0.29) is 61.0 Å². The van der Waals surface area contributed by atoms with E-state index in [1.54, 1.807) is 12.3 Å². The molecule has 1 aliphatic heterocycles. The van der Waals surface area contributed by atoms with Crippen molar-refractivity contribution in [3.8, 4) is 0 Å². The molecule has 1 aliphatic rings. The molecule has 3 rings (SSSR count). The summed E-state index contributed by atoms with van der Waals surface area (Å²) in [7, 11) is 1.52. The Kier molecular flexibility index (Phi) is 10.8. The Labute approximate surface area is 229 Å². The van der Waals surface area contributed by atoms with E-state index in [1.807, 2.05) is 49.4 Å². The third-order valence-electron chi connectivity index (χ3n) is 7.03. The standard InChI is InChI=1S/C30H38N4O5/c1-19(15-16-32-20(2)35)17-25-22-9-13-26(34-39)29(25)24(21-7-5-4-6-8-21)12-10-23(36)11-14-28(37)33-27(18-22)30(38)31-3/h4-9,13,15-16,19,24,27,34,39H,10-12,14,17-18H2,1-3H3,(H,31,38)(H,32,35)(H,33,37)/t19-,24?,27?/m0/s1. The zero-order valence-corrected chi connectivity index (χ0v) is 22.8. The molecule has 2 unspecified atom stereocenters. The molecule has 3 amide bonds. The first-order chi connectivity index (χ1) is 18.7. The molecule has 2 bridgehead atoms. The number of ketones is 1. The van der Waals surface area contributed by atoms with Crippen molar-refractivity contribution in [2.45, 2.75) is 64.3 Å². The van der Waals surface area contributed by atoms with E-state index in [0.29, 0.717) is 18.5 Å². The largest absolute Gasteiger partial charge is 0.357 e. The number of hydrogen-bond donors (Lipinski definition) is 5. The van der Waals surface area contributed by atoms with Crippen LogP contribution in [0, 0.1) is 5.92 Å². The number of carbonyl (C=O) groups excluding carboxylic acids is 4. The molecule has 2 aromatic carbocycles. The van der Waals surface area contributed by atoms with Gasteiger partial charge in [0.25, 0.3) is 0 Å². The lowest BCUT2D eigenvalue weighted by Crippen LogP contribution is -2.47. The maximum absolute atomic E-state index is 12.8. The van der Waals surface area contributed by atoms with Crippen molar-refractivity contribution in [2.24, 2.45) is 5.92 Å². The molecule has 2 aromatic rings. The van der Waals surface area contributed by atoms with Crippen LogP contribution in [0.15, 0.2) is 54.7 Å². The van der Waals surface area contributed by atoms with E-state index >= 15 is 0 Å². The molecule has 0 aromatic heterocycles. The summed E-state index contributed by atoms with van der Waals surface area (Å²) in [5.74, 6) is -1.14. The number of allylic oxidation sites excluding steroid dienone is 1. The zero-order chi connectivity index (χ0) is 28.4. The topological polar surface area (TPSA) is 137 Å². The van der Waals surface area contributed by atoms with Gasteiger partial charge in [-0.15, -0.1) is 0 Å². The summed E-state index contributed by atoms with van der Waals surface area (Å²) in [4.78, 5) is 49.7. The average Bonchev–Trinajstić information content (AvgIpc) is 2.92. The highest BCUT2D eigenvalue weighted by atomic mass is 16.5. The van der Waals surface area contributed by atoms with Crippen LogP contribution in [0.2, 0.25) is 0 Å². The molecule has 0 fully saturated rings. The SMILES string of the molecule is CNC(=O)C1Cc2ccc(NO)c(c2C[C@@H](C)C=CNC(C)=O)C(c2ccccc2)CCC(=O)CCC(=O)N1. The van der Waals surface area contributed by atoms with Crippen LogP contribution in [0.3, 0.4) is 0 Å². The zero-order valence-electron chi connectivity index (χ0n) is 22.8. The molecule has 0 spiro atoms. The summed E-state index contributed by atoms with van der Waals surface area (Å²) >= 11 is 0. The molecule has 0 radical (unpaired) electrons. The predicted octanol–water partition coefficient (Wildman–Crippen LogP) is 3.36. The number of benzene rings is 2. The second-order valence-electron chi connectivity index (χ2n) is 10.00. The smallest absolute Gasteiger partial charge is 0.242 e. The molecule has 5 N–H and O–H groups in total. The number of hydrogen-bond acceptors (Lipinski definition) is 6. The molecule has 9 heteroatoms. The normalized spacial score (nSPS) is 19.2. The van der Waals surface area contributed by atoms with E-state index in [9.17, 15) is 24.4 Å². The lowest BCUT2D eigenvalue weighted by atomic mass is 9.78. The van der Waals surface area contributed by atoms with Crippen LogP contribution in [0.1, 0.15) is 67.7 Å². The Balaban J connectivity index is 2.22. The van der Waals surface area contributed by atoms with Gasteiger partial charge in [-0.05, 0) is 53.3 Å². The van der Waals surface area contributed by atoms with Crippen LogP contribution in [0.25, 0.3) is 0 Å². The minimum Gasteiger partial charge on any atom is -0.357 e. The molecule has 0 aliphatic carbocycles. The van der Waals surface area contributed by atoms with E-state index in [1.165, 1.54) is 14.0 Å². The van der Waals surface area contributed by atoms with E-state index in [4.69, 9.17) is 0 Å². The first-order valence-corrected chi connectivity index (χ1v) is 13.3. The third kappa shape index (κ3) is 8.25. The van der Waals surface area contributed by atoms with Gasteiger partial charge in [0.2, 0.25) is 17.7 Å². The minimum absolute atomic E-state index is 0.0151. The molecular formula is C30H38N4O5. The summed E-state index contributed by atoms with van der Waals surface area (Å²) in [5.41, 5.74) is 6.48. The summed E-state index contributed by atoms with van der Waals surface area (Å²) in [6, 6.07) is 12.6. The lowest BCUT2D eigenvalue weighted by molar-refractivity contribution is -0.129. The van der Waals surface area contributed by atoms with Gasteiger partial charge < -0.3 is 16.0 Å². The highest BCUT2D eigenvalue weighted by molar-refractivity contribution is 5.90.